The Morgan fingerprint density at radius 2 is 1.71 bits per heavy atom. The molecule has 0 unspecified atom stereocenters. The maximum Gasteiger partial charge on any atom is 0.273 e. The lowest BCUT2D eigenvalue weighted by Gasteiger charge is -2.01. The predicted octanol–water partition coefficient (Wildman–Crippen LogP) is 3.16. The number of nitrogens with zero attached hydrogens (tertiary/aromatic N) is 1. The number of amides is 1. The van der Waals surface area contributed by atoms with E-state index in [1.54, 1.807) is 56.4 Å². The summed E-state index contributed by atoms with van der Waals surface area (Å²) in [5, 5.41) is 13.5. The van der Waals surface area contributed by atoms with E-state index < -0.39 is 4.92 Å². The molecule has 2 aromatic carbocycles. The molecule has 0 bridgehead atoms. The van der Waals surface area contributed by atoms with Crippen molar-refractivity contribution in [3.63, 3.8) is 0 Å². The number of carbonyl (C=O) groups excluding carboxylic acids is 2. The van der Waals surface area contributed by atoms with Crippen molar-refractivity contribution in [1.82, 2.24) is 5.32 Å². The van der Waals surface area contributed by atoms with E-state index in [-0.39, 0.29) is 22.9 Å². The van der Waals surface area contributed by atoms with Crippen LogP contribution in [0.4, 0.5) is 5.69 Å². The van der Waals surface area contributed by atoms with Gasteiger partial charge < -0.3 is 5.32 Å². The minimum absolute atomic E-state index is 0.0795. The molecule has 6 nitrogen and oxygen atoms in total. The molecule has 0 saturated heterocycles. The Morgan fingerprint density at radius 3 is 2.29 bits per heavy atom. The van der Waals surface area contributed by atoms with E-state index in [0.717, 1.165) is 5.56 Å². The SMILES string of the molecule is CNC(=O)c1ccc(C=CC(=O)c2ccc(C)c([N+](=O)[O-])c2)cc1. The molecular weight excluding hydrogens is 308 g/mol. The molecule has 0 saturated carbocycles. The Balaban J connectivity index is 2.17. The van der Waals surface area contributed by atoms with Gasteiger partial charge >= 0.3 is 0 Å². The average Bonchev–Trinajstić information content (AvgIpc) is 2.59. The molecule has 0 radical (unpaired) electrons. The third-order valence-corrected chi connectivity index (χ3v) is 3.52. The largest absolute Gasteiger partial charge is 0.355 e. The van der Waals surface area contributed by atoms with Crippen molar-refractivity contribution < 1.29 is 14.5 Å². The molecule has 24 heavy (non-hydrogen) atoms. The molecule has 0 aromatic heterocycles. The Bertz CT molecular complexity index is 823. The van der Waals surface area contributed by atoms with Gasteiger partial charge in [-0.25, -0.2) is 0 Å². The van der Waals surface area contributed by atoms with Gasteiger partial charge in [0.25, 0.3) is 11.6 Å². The summed E-state index contributed by atoms with van der Waals surface area (Å²) in [6, 6.07) is 11.1. The topological polar surface area (TPSA) is 89.3 Å². The van der Waals surface area contributed by atoms with Gasteiger partial charge in [-0.15, -0.1) is 0 Å². The first kappa shape index (κ1) is 17.1. The summed E-state index contributed by atoms with van der Waals surface area (Å²) in [6.45, 7) is 1.62. The quantitative estimate of drug-likeness (QED) is 0.396. The standard InChI is InChI=1S/C18H16N2O4/c1-12-3-7-15(11-16(12)20(23)24)17(21)10-6-13-4-8-14(9-5-13)18(22)19-2/h3-11H,1-2H3,(H,19,22). The Kier molecular flexibility index (Phi) is 5.21. The predicted molar refractivity (Wildman–Crippen MR) is 91.0 cm³/mol. The van der Waals surface area contributed by atoms with Crippen molar-refractivity contribution in [1.29, 1.82) is 0 Å². The highest BCUT2D eigenvalue weighted by atomic mass is 16.6. The Labute approximate surface area is 139 Å². The highest BCUT2D eigenvalue weighted by molar-refractivity contribution is 6.07. The molecule has 0 atom stereocenters. The van der Waals surface area contributed by atoms with Crippen molar-refractivity contribution in [2.75, 3.05) is 7.05 Å². The smallest absolute Gasteiger partial charge is 0.273 e. The number of nitro groups is 1. The summed E-state index contributed by atoms with van der Waals surface area (Å²) < 4.78 is 0. The van der Waals surface area contributed by atoms with Gasteiger partial charge in [0, 0.05) is 29.8 Å². The molecule has 0 aliphatic heterocycles. The van der Waals surface area contributed by atoms with Gasteiger partial charge in [-0.2, -0.15) is 0 Å². The van der Waals surface area contributed by atoms with E-state index in [1.807, 2.05) is 0 Å². The second-order valence-electron chi connectivity index (χ2n) is 5.16. The summed E-state index contributed by atoms with van der Waals surface area (Å²) in [6.07, 6.45) is 2.95. The summed E-state index contributed by atoms with van der Waals surface area (Å²) >= 11 is 0. The van der Waals surface area contributed by atoms with Crippen LogP contribution in [-0.2, 0) is 0 Å². The van der Waals surface area contributed by atoms with Gasteiger partial charge in [0.2, 0.25) is 0 Å². The first-order chi connectivity index (χ1) is 11.4. The second-order valence-corrected chi connectivity index (χ2v) is 5.16. The Hall–Kier alpha value is -3.28. The molecule has 6 heteroatoms. The molecular formula is C18H16N2O4. The number of hydrogen-bond donors (Lipinski definition) is 1. The number of allylic oxidation sites excluding steroid dienone is 1. The van der Waals surface area contributed by atoms with E-state index in [2.05, 4.69) is 5.32 Å². The van der Waals surface area contributed by atoms with E-state index >= 15 is 0 Å². The minimum atomic E-state index is -0.507. The van der Waals surface area contributed by atoms with E-state index in [9.17, 15) is 19.7 Å². The minimum Gasteiger partial charge on any atom is -0.355 e. The van der Waals surface area contributed by atoms with Gasteiger partial charge in [0.05, 0.1) is 4.92 Å². The number of nitro benzene ring substituents is 1. The van der Waals surface area contributed by atoms with Gasteiger partial charge in [0.1, 0.15) is 0 Å². The van der Waals surface area contributed by atoms with Crippen LogP contribution in [0, 0.1) is 17.0 Å². The van der Waals surface area contributed by atoms with Gasteiger partial charge in [-0.3, -0.25) is 19.7 Å². The van der Waals surface area contributed by atoms with Crippen molar-refractivity contribution in [2.45, 2.75) is 6.92 Å². The monoisotopic (exact) mass is 324 g/mol. The lowest BCUT2D eigenvalue weighted by Crippen LogP contribution is -2.17. The zero-order valence-electron chi connectivity index (χ0n) is 13.3. The van der Waals surface area contributed by atoms with Crippen LogP contribution >= 0.6 is 0 Å². The van der Waals surface area contributed by atoms with Crippen molar-refractivity contribution >= 4 is 23.5 Å². The molecule has 0 fully saturated rings. The number of rotatable bonds is 5. The van der Waals surface area contributed by atoms with E-state index in [0.29, 0.717) is 11.1 Å². The van der Waals surface area contributed by atoms with Crippen LogP contribution in [-0.4, -0.2) is 23.7 Å². The van der Waals surface area contributed by atoms with Gasteiger partial charge in [-0.1, -0.05) is 30.3 Å². The molecule has 0 heterocycles. The van der Waals surface area contributed by atoms with Gasteiger partial charge in [0.15, 0.2) is 5.78 Å². The first-order valence-electron chi connectivity index (χ1n) is 7.22. The number of aryl methyl sites for hydroxylation is 1. The van der Waals surface area contributed by atoms with Crippen LogP contribution in [0.3, 0.4) is 0 Å². The molecule has 2 aromatic rings. The molecule has 1 amide bonds. The number of carbonyl (C=O) groups is 2. The normalized spacial score (nSPS) is 10.6. The summed E-state index contributed by atoms with van der Waals surface area (Å²) in [7, 11) is 1.55. The molecule has 2 rings (SSSR count). The van der Waals surface area contributed by atoms with Crippen LogP contribution < -0.4 is 5.32 Å². The molecule has 122 valence electrons. The average molecular weight is 324 g/mol. The van der Waals surface area contributed by atoms with Crippen molar-refractivity contribution in [2.24, 2.45) is 0 Å². The highest BCUT2D eigenvalue weighted by Crippen LogP contribution is 2.20. The fourth-order valence-electron chi connectivity index (χ4n) is 2.12. The maximum absolute atomic E-state index is 12.2. The Morgan fingerprint density at radius 1 is 1.08 bits per heavy atom. The lowest BCUT2D eigenvalue weighted by molar-refractivity contribution is -0.385. The van der Waals surface area contributed by atoms with Crippen LogP contribution in [0.25, 0.3) is 6.08 Å². The number of ketones is 1. The van der Waals surface area contributed by atoms with Crippen LogP contribution in [0.1, 0.15) is 31.8 Å². The summed E-state index contributed by atoms with van der Waals surface area (Å²) in [4.78, 5) is 34.0. The number of benzene rings is 2. The third-order valence-electron chi connectivity index (χ3n) is 3.52. The van der Waals surface area contributed by atoms with E-state index in [1.165, 1.54) is 12.1 Å². The van der Waals surface area contributed by atoms with Crippen LogP contribution in [0.2, 0.25) is 0 Å². The number of hydrogen-bond acceptors (Lipinski definition) is 4. The molecule has 0 aliphatic rings. The molecule has 0 aliphatic carbocycles. The second kappa shape index (κ2) is 7.32. The maximum atomic E-state index is 12.2. The lowest BCUT2D eigenvalue weighted by atomic mass is 10.1. The van der Waals surface area contributed by atoms with Crippen LogP contribution in [0.15, 0.2) is 48.5 Å². The van der Waals surface area contributed by atoms with E-state index in [4.69, 9.17) is 0 Å². The van der Waals surface area contributed by atoms with Crippen molar-refractivity contribution in [3.8, 4) is 0 Å². The van der Waals surface area contributed by atoms with Crippen molar-refractivity contribution in [3.05, 3.63) is 80.9 Å². The summed E-state index contributed by atoms with van der Waals surface area (Å²) in [5.74, 6) is -0.512. The zero-order valence-corrected chi connectivity index (χ0v) is 13.3. The molecule has 1 N–H and O–H groups in total. The van der Waals surface area contributed by atoms with Gasteiger partial charge in [-0.05, 0) is 30.7 Å². The van der Waals surface area contributed by atoms with Crippen LogP contribution in [0.5, 0.6) is 0 Å². The number of nitrogens with one attached hydrogen (secondary N) is 1. The first-order valence-corrected chi connectivity index (χ1v) is 7.22. The summed E-state index contributed by atoms with van der Waals surface area (Å²) in [5.41, 5.74) is 1.95. The fraction of sp³-hybridized carbons (Fsp3) is 0.111. The molecule has 0 spiro atoms. The zero-order chi connectivity index (χ0) is 17.7. The highest BCUT2D eigenvalue weighted by Gasteiger charge is 2.13. The third kappa shape index (κ3) is 3.92. The fourth-order valence-corrected chi connectivity index (χ4v) is 2.12.